The molecule has 0 aliphatic heterocycles. The summed E-state index contributed by atoms with van der Waals surface area (Å²) in [6.45, 7) is 3.56. The summed E-state index contributed by atoms with van der Waals surface area (Å²) in [7, 11) is 0. The molecule has 6 rings (SSSR count). The number of H-pyrrole nitrogens is 2. The molecule has 0 radical (unpaired) electrons. The van der Waals surface area contributed by atoms with Gasteiger partial charge in [0, 0.05) is 45.6 Å². The number of pyridine rings is 2. The van der Waals surface area contributed by atoms with E-state index in [4.69, 9.17) is 0 Å². The molecule has 0 spiro atoms. The van der Waals surface area contributed by atoms with Crippen LogP contribution in [0.4, 0.5) is 5.69 Å². The largest absolute Gasteiger partial charge is 0.338 e. The van der Waals surface area contributed by atoms with Gasteiger partial charge in [-0.25, -0.2) is 4.98 Å². The average Bonchev–Trinajstić information content (AvgIpc) is 3.66. The molecule has 8 nitrogen and oxygen atoms in total. The van der Waals surface area contributed by atoms with Crippen molar-refractivity contribution in [2.24, 2.45) is 0 Å². The quantitative estimate of drug-likeness (QED) is 0.199. The zero-order valence-corrected chi connectivity index (χ0v) is 21.6. The lowest BCUT2D eigenvalue weighted by Crippen LogP contribution is -2.10. The van der Waals surface area contributed by atoms with E-state index in [1.54, 1.807) is 25.5 Å². The Morgan fingerprint density at radius 3 is 2.71 bits per heavy atom. The van der Waals surface area contributed by atoms with E-state index in [0.29, 0.717) is 12.1 Å². The molecule has 6 aromatic rings. The number of thiophene rings is 1. The highest BCUT2D eigenvalue weighted by molar-refractivity contribution is 7.17. The minimum absolute atomic E-state index is 0.0223. The average molecular weight is 521 g/mol. The lowest BCUT2D eigenvalue weighted by molar-refractivity contribution is -0.116. The van der Waals surface area contributed by atoms with Crippen LogP contribution in [-0.4, -0.2) is 36.8 Å². The fourth-order valence-corrected chi connectivity index (χ4v) is 5.50. The summed E-state index contributed by atoms with van der Waals surface area (Å²) >= 11 is 1.48. The molecule has 9 heteroatoms. The Labute approximate surface area is 222 Å². The van der Waals surface area contributed by atoms with Crippen molar-refractivity contribution in [1.29, 1.82) is 0 Å². The molecule has 0 fully saturated rings. The van der Waals surface area contributed by atoms with Gasteiger partial charge >= 0.3 is 0 Å². The molecule has 0 aliphatic rings. The van der Waals surface area contributed by atoms with E-state index in [9.17, 15) is 9.59 Å². The van der Waals surface area contributed by atoms with Crippen molar-refractivity contribution in [3.8, 4) is 33.0 Å². The normalized spacial score (nSPS) is 11.3. The second-order valence-electron chi connectivity index (χ2n) is 9.12. The number of hydrogen-bond donors (Lipinski definition) is 3. The van der Waals surface area contributed by atoms with Crippen LogP contribution in [-0.2, 0) is 4.79 Å². The predicted octanol–water partition coefficient (Wildman–Crippen LogP) is 6.84. The number of nitrogens with one attached hydrogen (secondary N) is 3. The van der Waals surface area contributed by atoms with E-state index in [-0.39, 0.29) is 11.7 Å². The van der Waals surface area contributed by atoms with E-state index >= 15 is 0 Å². The molecule has 1 amide bonds. The molecule has 5 aromatic heterocycles. The van der Waals surface area contributed by atoms with Gasteiger partial charge < -0.3 is 10.3 Å². The van der Waals surface area contributed by atoms with Crippen molar-refractivity contribution in [2.75, 3.05) is 5.32 Å². The summed E-state index contributed by atoms with van der Waals surface area (Å²) < 4.78 is 0. The maximum absolute atomic E-state index is 12.0. The molecule has 188 valence electrons. The van der Waals surface area contributed by atoms with Crippen LogP contribution < -0.4 is 5.32 Å². The summed E-state index contributed by atoms with van der Waals surface area (Å²) in [4.78, 5) is 37.9. The van der Waals surface area contributed by atoms with Gasteiger partial charge in [-0.1, -0.05) is 13.0 Å². The Bertz CT molecular complexity index is 1830. The van der Waals surface area contributed by atoms with Crippen LogP contribution >= 0.6 is 11.3 Å². The van der Waals surface area contributed by atoms with Crippen molar-refractivity contribution in [2.45, 2.75) is 26.7 Å². The summed E-state index contributed by atoms with van der Waals surface area (Å²) in [5.41, 5.74) is 6.82. The zero-order chi connectivity index (χ0) is 26.2. The van der Waals surface area contributed by atoms with Gasteiger partial charge in [-0.2, -0.15) is 5.10 Å². The molecule has 0 saturated heterocycles. The molecular weight excluding hydrogens is 496 g/mol. The first-order valence-electron chi connectivity index (χ1n) is 12.3. The van der Waals surface area contributed by atoms with Crippen molar-refractivity contribution in [1.82, 2.24) is 25.1 Å². The second-order valence-corrected chi connectivity index (χ2v) is 10.2. The first-order valence-corrected chi connectivity index (χ1v) is 13.1. The van der Waals surface area contributed by atoms with E-state index in [1.165, 1.54) is 11.3 Å². The maximum atomic E-state index is 12.0. The number of nitrogens with zero attached hydrogens (tertiary/aromatic N) is 3. The number of anilines is 1. The lowest BCUT2D eigenvalue weighted by Gasteiger charge is -2.07. The third-order valence-corrected chi connectivity index (χ3v) is 7.62. The number of aromatic nitrogens is 5. The Balaban J connectivity index is 1.39. The van der Waals surface area contributed by atoms with E-state index in [2.05, 4.69) is 42.6 Å². The number of hydrogen-bond acceptors (Lipinski definition) is 6. The minimum Gasteiger partial charge on any atom is -0.338 e. The first kappa shape index (κ1) is 23.7. The molecule has 5 heterocycles. The molecule has 3 N–H and O–H groups in total. The van der Waals surface area contributed by atoms with Crippen LogP contribution in [0.15, 0.2) is 67.1 Å². The number of benzene rings is 1. The summed E-state index contributed by atoms with van der Waals surface area (Å²) in [5.74, 6) is 0.0371. The molecule has 0 saturated carbocycles. The highest BCUT2D eigenvalue weighted by atomic mass is 32.1. The van der Waals surface area contributed by atoms with Crippen LogP contribution in [0.3, 0.4) is 0 Å². The van der Waals surface area contributed by atoms with Gasteiger partial charge in [-0.3, -0.25) is 19.7 Å². The standard InChI is InChI=1S/C29H24N6O2S/c1-3-4-27(37)32-19-11-18(14-30-15-19)17-5-6-23-22(12-17)28(35-34-23)24-13-21-20(9-10-31-29(21)33-24)26-8-7-25(38-26)16(2)36/h5-15H,3-4H2,1-2H3,(H,31,33)(H,32,37)(H,34,35). The number of rotatable bonds is 7. The predicted molar refractivity (Wildman–Crippen MR) is 151 cm³/mol. The number of Topliss-reactive ketones (excluding diaryl/α,β-unsaturated/α-hetero) is 1. The van der Waals surface area contributed by atoms with Crippen molar-refractivity contribution in [3.63, 3.8) is 0 Å². The van der Waals surface area contributed by atoms with Gasteiger partial charge in [0.25, 0.3) is 0 Å². The summed E-state index contributed by atoms with van der Waals surface area (Å²) in [5, 5.41) is 12.6. The lowest BCUT2D eigenvalue weighted by atomic mass is 10.0. The van der Waals surface area contributed by atoms with Crippen LogP contribution in [0.1, 0.15) is 36.4 Å². The van der Waals surface area contributed by atoms with Crippen molar-refractivity contribution in [3.05, 3.63) is 72.0 Å². The Kier molecular flexibility index (Phi) is 6.05. The Hall–Kier alpha value is -4.63. The third-order valence-electron chi connectivity index (χ3n) is 6.40. The number of carbonyl (C=O) groups excluding carboxylic acids is 2. The van der Waals surface area contributed by atoms with Gasteiger partial charge in [0.2, 0.25) is 5.91 Å². The molecule has 1 aromatic carbocycles. The van der Waals surface area contributed by atoms with Gasteiger partial charge in [0.1, 0.15) is 11.3 Å². The smallest absolute Gasteiger partial charge is 0.224 e. The fourth-order valence-electron chi connectivity index (χ4n) is 4.56. The van der Waals surface area contributed by atoms with E-state index in [0.717, 1.165) is 66.2 Å². The van der Waals surface area contributed by atoms with Gasteiger partial charge in [0.05, 0.1) is 28.0 Å². The molecule has 38 heavy (non-hydrogen) atoms. The Morgan fingerprint density at radius 2 is 1.89 bits per heavy atom. The Morgan fingerprint density at radius 1 is 1.00 bits per heavy atom. The summed E-state index contributed by atoms with van der Waals surface area (Å²) in [6, 6.07) is 15.9. The third kappa shape index (κ3) is 4.37. The number of aromatic amines is 2. The van der Waals surface area contributed by atoms with Crippen LogP contribution in [0, 0.1) is 0 Å². The first-order chi connectivity index (χ1) is 18.5. The SMILES string of the molecule is CCCC(=O)Nc1cncc(-c2ccc3[nH]nc(-c4cc5c(-c6ccc(C(C)=O)s6)ccnc5[nH]4)c3c2)c1. The number of fused-ring (bicyclic) bond motifs is 2. The molecule has 0 bridgehead atoms. The monoisotopic (exact) mass is 520 g/mol. The highest BCUT2D eigenvalue weighted by Crippen LogP contribution is 2.37. The number of carbonyl (C=O) groups is 2. The second kappa shape index (κ2) is 9.68. The van der Waals surface area contributed by atoms with Crippen LogP contribution in [0.2, 0.25) is 0 Å². The molecule has 0 unspecified atom stereocenters. The number of ketones is 1. The van der Waals surface area contributed by atoms with Gasteiger partial charge in [-0.05, 0) is 61.4 Å². The van der Waals surface area contributed by atoms with E-state index in [1.807, 2.05) is 43.3 Å². The van der Waals surface area contributed by atoms with E-state index < -0.39 is 0 Å². The highest BCUT2D eigenvalue weighted by Gasteiger charge is 2.16. The molecule has 0 atom stereocenters. The van der Waals surface area contributed by atoms with Crippen LogP contribution in [0.25, 0.3) is 54.9 Å². The zero-order valence-electron chi connectivity index (χ0n) is 20.8. The van der Waals surface area contributed by atoms with Gasteiger partial charge in [0.15, 0.2) is 5.78 Å². The van der Waals surface area contributed by atoms with Crippen molar-refractivity contribution >= 4 is 50.7 Å². The van der Waals surface area contributed by atoms with Crippen molar-refractivity contribution < 1.29 is 9.59 Å². The topological polar surface area (TPSA) is 116 Å². The summed E-state index contributed by atoms with van der Waals surface area (Å²) in [6.07, 6.45) is 6.47. The number of amides is 1. The van der Waals surface area contributed by atoms with Crippen LogP contribution in [0.5, 0.6) is 0 Å². The molecule has 0 aliphatic carbocycles. The molecular formula is C29H24N6O2S. The fraction of sp³-hybridized carbons (Fsp3) is 0.138. The minimum atomic E-state index is -0.0223. The van der Waals surface area contributed by atoms with Gasteiger partial charge in [-0.15, -0.1) is 11.3 Å². The maximum Gasteiger partial charge on any atom is 0.224 e.